The number of carbonyl (C=O) groups excluding carboxylic acids is 1. The second-order valence-corrected chi connectivity index (χ2v) is 2.96. The van der Waals surface area contributed by atoms with E-state index in [-0.39, 0.29) is 6.61 Å². The van der Waals surface area contributed by atoms with Gasteiger partial charge in [-0.1, -0.05) is 0 Å². The molecule has 1 unspecified atom stereocenters. The number of nitrogens with zero attached hydrogens (tertiary/aromatic N) is 1. The van der Waals surface area contributed by atoms with E-state index in [1.807, 2.05) is 0 Å². The number of nitriles is 1. The summed E-state index contributed by atoms with van der Waals surface area (Å²) >= 11 is 0. The summed E-state index contributed by atoms with van der Waals surface area (Å²) in [6.07, 6.45) is -6.05. The minimum absolute atomic E-state index is 0.0477. The van der Waals surface area contributed by atoms with Crippen LogP contribution in [-0.4, -0.2) is 18.8 Å². The summed E-state index contributed by atoms with van der Waals surface area (Å²) in [6, 6.07) is 1.33. The van der Waals surface area contributed by atoms with Crippen molar-refractivity contribution in [2.45, 2.75) is 26.4 Å². The topological polar surface area (TPSA) is 50.1 Å². The van der Waals surface area contributed by atoms with E-state index in [4.69, 9.17) is 5.26 Å². The van der Waals surface area contributed by atoms with Crippen molar-refractivity contribution in [2.24, 2.45) is 5.41 Å². The van der Waals surface area contributed by atoms with Gasteiger partial charge in [-0.25, -0.2) is 0 Å². The number of halogens is 3. The van der Waals surface area contributed by atoms with Gasteiger partial charge < -0.3 is 4.74 Å². The van der Waals surface area contributed by atoms with Crippen LogP contribution in [0.4, 0.5) is 13.2 Å². The normalized spacial score (nSPS) is 15.4. The zero-order valence-electron chi connectivity index (χ0n) is 7.81. The second-order valence-electron chi connectivity index (χ2n) is 2.96. The number of hydrogen-bond donors (Lipinski definition) is 0. The van der Waals surface area contributed by atoms with Crippen LogP contribution in [0.15, 0.2) is 0 Å². The Kier molecular flexibility index (Phi) is 3.93. The van der Waals surface area contributed by atoms with Gasteiger partial charge in [-0.15, -0.1) is 0 Å². The largest absolute Gasteiger partial charge is 0.465 e. The van der Waals surface area contributed by atoms with Crippen LogP contribution in [0.5, 0.6) is 0 Å². The van der Waals surface area contributed by atoms with E-state index in [1.165, 1.54) is 13.0 Å². The zero-order chi connectivity index (χ0) is 11.4. The first-order chi connectivity index (χ1) is 6.25. The molecule has 3 nitrogen and oxygen atoms in total. The standard InChI is InChI=1S/C8H10F3NO2/c1-3-14-6(13)7(2,5-12)4-8(9,10)11/h3-4H2,1-2H3. The molecule has 0 aliphatic heterocycles. The van der Waals surface area contributed by atoms with Crippen molar-refractivity contribution in [2.75, 3.05) is 6.61 Å². The smallest absolute Gasteiger partial charge is 0.391 e. The average molecular weight is 209 g/mol. The molecule has 0 aromatic carbocycles. The SMILES string of the molecule is CCOC(=O)C(C)(C#N)CC(F)(F)F. The fourth-order valence-corrected chi connectivity index (χ4v) is 0.849. The maximum atomic E-state index is 12.0. The molecule has 6 heteroatoms. The summed E-state index contributed by atoms with van der Waals surface area (Å²) in [5.41, 5.74) is -2.14. The van der Waals surface area contributed by atoms with Crippen LogP contribution in [0.25, 0.3) is 0 Å². The number of ether oxygens (including phenoxy) is 1. The highest BCUT2D eigenvalue weighted by Gasteiger charge is 2.45. The highest BCUT2D eigenvalue weighted by Crippen LogP contribution is 2.33. The third kappa shape index (κ3) is 3.64. The Morgan fingerprint density at radius 2 is 2.00 bits per heavy atom. The van der Waals surface area contributed by atoms with E-state index < -0.39 is 24.0 Å². The maximum Gasteiger partial charge on any atom is 0.391 e. The van der Waals surface area contributed by atoms with E-state index in [2.05, 4.69) is 4.74 Å². The number of alkyl halides is 3. The first-order valence-corrected chi connectivity index (χ1v) is 3.90. The van der Waals surface area contributed by atoms with Crippen LogP contribution in [0.1, 0.15) is 20.3 Å². The van der Waals surface area contributed by atoms with Gasteiger partial charge in [0.1, 0.15) is 0 Å². The van der Waals surface area contributed by atoms with Crippen LogP contribution >= 0.6 is 0 Å². The van der Waals surface area contributed by atoms with Crippen LogP contribution < -0.4 is 0 Å². The highest BCUT2D eigenvalue weighted by atomic mass is 19.4. The molecule has 0 aliphatic rings. The lowest BCUT2D eigenvalue weighted by Gasteiger charge is -2.20. The second kappa shape index (κ2) is 4.31. The Morgan fingerprint density at radius 3 is 2.29 bits per heavy atom. The van der Waals surface area contributed by atoms with Crippen molar-refractivity contribution in [1.29, 1.82) is 5.26 Å². The molecule has 0 radical (unpaired) electrons. The third-order valence-corrected chi connectivity index (χ3v) is 1.53. The Balaban J connectivity index is 4.66. The van der Waals surface area contributed by atoms with Crippen LogP contribution in [0.2, 0.25) is 0 Å². The van der Waals surface area contributed by atoms with Crippen molar-refractivity contribution < 1.29 is 22.7 Å². The molecule has 0 spiro atoms. The predicted octanol–water partition coefficient (Wildman–Crippen LogP) is 2.03. The molecule has 0 aromatic heterocycles. The van der Waals surface area contributed by atoms with Gasteiger partial charge in [0, 0.05) is 0 Å². The molecular formula is C8H10F3NO2. The zero-order valence-corrected chi connectivity index (χ0v) is 7.81. The molecule has 0 amide bonds. The Morgan fingerprint density at radius 1 is 1.50 bits per heavy atom. The van der Waals surface area contributed by atoms with Crippen LogP contribution in [0.3, 0.4) is 0 Å². The summed E-state index contributed by atoms with van der Waals surface area (Å²) in [7, 11) is 0. The number of rotatable bonds is 3. The predicted molar refractivity (Wildman–Crippen MR) is 41.0 cm³/mol. The lowest BCUT2D eigenvalue weighted by molar-refractivity contribution is -0.173. The lowest BCUT2D eigenvalue weighted by atomic mass is 9.88. The van der Waals surface area contributed by atoms with Gasteiger partial charge in [-0.2, -0.15) is 18.4 Å². The fraction of sp³-hybridized carbons (Fsp3) is 0.750. The van der Waals surface area contributed by atoms with Crippen molar-refractivity contribution >= 4 is 5.97 Å². The van der Waals surface area contributed by atoms with Crippen molar-refractivity contribution in [3.8, 4) is 6.07 Å². The Hall–Kier alpha value is -1.25. The number of carbonyl (C=O) groups is 1. The van der Waals surface area contributed by atoms with E-state index in [0.29, 0.717) is 0 Å². The summed E-state index contributed by atoms with van der Waals surface area (Å²) < 4.78 is 40.3. The molecule has 0 saturated carbocycles. The summed E-state index contributed by atoms with van der Waals surface area (Å²) in [5.74, 6) is -1.14. The molecule has 0 aliphatic carbocycles. The van der Waals surface area contributed by atoms with E-state index in [1.54, 1.807) is 0 Å². The lowest BCUT2D eigenvalue weighted by Crippen LogP contribution is -2.33. The molecule has 0 rings (SSSR count). The number of esters is 1. The van der Waals surface area contributed by atoms with Gasteiger partial charge in [-0.05, 0) is 13.8 Å². The van der Waals surface area contributed by atoms with Gasteiger partial charge in [0.2, 0.25) is 0 Å². The Bertz CT molecular complexity index is 256. The minimum atomic E-state index is -4.56. The van der Waals surface area contributed by atoms with Crippen molar-refractivity contribution in [1.82, 2.24) is 0 Å². The average Bonchev–Trinajstić information content (AvgIpc) is 2.01. The van der Waals surface area contributed by atoms with E-state index >= 15 is 0 Å². The molecule has 14 heavy (non-hydrogen) atoms. The molecule has 0 aromatic rings. The van der Waals surface area contributed by atoms with Gasteiger partial charge in [-0.3, -0.25) is 4.79 Å². The van der Waals surface area contributed by atoms with Gasteiger partial charge in [0.05, 0.1) is 19.1 Å². The van der Waals surface area contributed by atoms with E-state index in [0.717, 1.165) is 6.92 Å². The van der Waals surface area contributed by atoms with Crippen LogP contribution in [0, 0.1) is 16.7 Å². The highest BCUT2D eigenvalue weighted by molar-refractivity contribution is 5.79. The van der Waals surface area contributed by atoms with Gasteiger partial charge >= 0.3 is 12.1 Å². The molecule has 0 saturated heterocycles. The maximum absolute atomic E-state index is 12.0. The quantitative estimate of drug-likeness (QED) is 0.668. The molecule has 1 atom stereocenters. The molecule has 0 heterocycles. The number of hydrogen-bond acceptors (Lipinski definition) is 3. The van der Waals surface area contributed by atoms with Crippen LogP contribution in [-0.2, 0) is 9.53 Å². The van der Waals surface area contributed by atoms with Crippen molar-refractivity contribution in [3.05, 3.63) is 0 Å². The molecule has 0 N–H and O–H groups in total. The first-order valence-electron chi connectivity index (χ1n) is 3.90. The monoisotopic (exact) mass is 209 g/mol. The summed E-state index contributed by atoms with van der Waals surface area (Å²) in [6.45, 7) is 2.33. The molecule has 0 bridgehead atoms. The van der Waals surface area contributed by atoms with Crippen molar-refractivity contribution in [3.63, 3.8) is 0 Å². The van der Waals surface area contributed by atoms with Gasteiger partial charge in [0.15, 0.2) is 5.41 Å². The molecule has 0 fully saturated rings. The third-order valence-electron chi connectivity index (χ3n) is 1.53. The van der Waals surface area contributed by atoms with E-state index in [9.17, 15) is 18.0 Å². The summed E-state index contributed by atoms with van der Waals surface area (Å²) in [4.78, 5) is 11.0. The summed E-state index contributed by atoms with van der Waals surface area (Å²) in [5, 5.41) is 8.49. The fourth-order valence-electron chi connectivity index (χ4n) is 0.849. The Labute approximate surface area is 79.5 Å². The van der Waals surface area contributed by atoms with Gasteiger partial charge in [0.25, 0.3) is 0 Å². The molecule has 80 valence electrons. The molecular weight excluding hydrogens is 199 g/mol. The first kappa shape index (κ1) is 12.8. The minimum Gasteiger partial charge on any atom is -0.465 e.